The summed E-state index contributed by atoms with van der Waals surface area (Å²) in [6.07, 6.45) is 6.01. The third-order valence-corrected chi connectivity index (χ3v) is 3.18. The van der Waals surface area contributed by atoms with Crippen LogP contribution in [0.5, 0.6) is 0 Å². The van der Waals surface area contributed by atoms with Gasteiger partial charge >= 0.3 is 0 Å². The number of nitrogens with one attached hydrogen (secondary N) is 2. The van der Waals surface area contributed by atoms with Crippen LogP contribution in [0.15, 0.2) is 18.3 Å². The fraction of sp³-hybridized carbons (Fsp3) is 0.571. The normalized spacial score (nSPS) is 15.3. The molecule has 1 fully saturated rings. The highest BCUT2D eigenvalue weighted by atomic mass is 16.1. The van der Waals surface area contributed by atoms with Crippen LogP contribution >= 0.6 is 0 Å². The molecule has 0 unspecified atom stereocenters. The van der Waals surface area contributed by atoms with E-state index in [1.807, 2.05) is 12.1 Å². The van der Waals surface area contributed by atoms with Gasteiger partial charge in [-0.25, -0.2) is 4.98 Å². The summed E-state index contributed by atoms with van der Waals surface area (Å²) in [4.78, 5) is 16.0. The molecule has 4 nitrogen and oxygen atoms in total. The van der Waals surface area contributed by atoms with Crippen LogP contribution in [0.2, 0.25) is 0 Å². The zero-order valence-corrected chi connectivity index (χ0v) is 11.1. The summed E-state index contributed by atoms with van der Waals surface area (Å²) in [6, 6.07) is 4.13. The molecule has 0 spiro atoms. The third kappa shape index (κ3) is 3.72. The standard InChI is InChI=1S/C14H21N3O/c1-10(2)16-13-7-6-12(9-15-13)17-14(18)8-11-4-3-5-11/h6-7,9-11H,3-5,8H2,1-2H3,(H,15,16)(H,17,18). The van der Waals surface area contributed by atoms with Gasteiger partial charge in [0.25, 0.3) is 0 Å². The largest absolute Gasteiger partial charge is 0.368 e. The van der Waals surface area contributed by atoms with Crippen molar-refractivity contribution in [3.8, 4) is 0 Å². The average Bonchev–Trinajstić information content (AvgIpc) is 2.26. The number of rotatable bonds is 5. The summed E-state index contributed by atoms with van der Waals surface area (Å²) in [6.45, 7) is 4.13. The van der Waals surface area contributed by atoms with Gasteiger partial charge in [0, 0.05) is 12.5 Å². The molecule has 98 valence electrons. The van der Waals surface area contributed by atoms with E-state index in [4.69, 9.17) is 0 Å². The minimum absolute atomic E-state index is 0.103. The van der Waals surface area contributed by atoms with E-state index in [1.165, 1.54) is 19.3 Å². The van der Waals surface area contributed by atoms with E-state index in [2.05, 4.69) is 29.5 Å². The predicted molar refractivity (Wildman–Crippen MR) is 73.6 cm³/mol. The molecule has 4 heteroatoms. The lowest BCUT2D eigenvalue weighted by Crippen LogP contribution is -2.21. The molecule has 1 heterocycles. The van der Waals surface area contributed by atoms with Crippen LogP contribution < -0.4 is 10.6 Å². The lowest BCUT2D eigenvalue weighted by molar-refractivity contribution is -0.117. The van der Waals surface area contributed by atoms with Crippen LogP contribution in [-0.4, -0.2) is 16.9 Å². The smallest absolute Gasteiger partial charge is 0.224 e. The van der Waals surface area contributed by atoms with Crippen molar-refractivity contribution in [2.24, 2.45) is 5.92 Å². The number of pyridine rings is 1. The van der Waals surface area contributed by atoms with E-state index >= 15 is 0 Å². The van der Waals surface area contributed by atoms with Crippen molar-refractivity contribution in [2.75, 3.05) is 10.6 Å². The van der Waals surface area contributed by atoms with Crippen molar-refractivity contribution < 1.29 is 4.79 Å². The van der Waals surface area contributed by atoms with Crippen LogP contribution in [0.4, 0.5) is 11.5 Å². The summed E-state index contributed by atoms with van der Waals surface area (Å²) >= 11 is 0. The Morgan fingerprint density at radius 3 is 2.72 bits per heavy atom. The van der Waals surface area contributed by atoms with Gasteiger partial charge in [0.15, 0.2) is 0 Å². The van der Waals surface area contributed by atoms with E-state index in [1.54, 1.807) is 6.20 Å². The molecule has 0 bridgehead atoms. The Kier molecular flexibility index (Phi) is 4.18. The van der Waals surface area contributed by atoms with Gasteiger partial charge in [-0.3, -0.25) is 4.79 Å². The molecular weight excluding hydrogens is 226 g/mol. The number of nitrogens with zero attached hydrogens (tertiary/aromatic N) is 1. The van der Waals surface area contributed by atoms with Gasteiger partial charge in [-0.1, -0.05) is 6.42 Å². The van der Waals surface area contributed by atoms with Crippen molar-refractivity contribution in [1.82, 2.24) is 4.98 Å². The molecule has 0 radical (unpaired) electrons. The maximum Gasteiger partial charge on any atom is 0.224 e. The number of hydrogen-bond acceptors (Lipinski definition) is 3. The van der Waals surface area contributed by atoms with Crippen LogP contribution in [0, 0.1) is 5.92 Å². The third-order valence-electron chi connectivity index (χ3n) is 3.18. The number of hydrogen-bond donors (Lipinski definition) is 2. The van der Waals surface area contributed by atoms with Gasteiger partial charge in [-0.2, -0.15) is 0 Å². The quantitative estimate of drug-likeness (QED) is 0.841. The second-order valence-electron chi connectivity index (χ2n) is 5.28. The van der Waals surface area contributed by atoms with E-state index in [0.29, 0.717) is 18.4 Å². The number of anilines is 2. The fourth-order valence-electron chi connectivity index (χ4n) is 2.02. The highest BCUT2D eigenvalue weighted by Gasteiger charge is 2.20. The molecule has 1 saturated carbocycles. The van der Waals surface area contributed by atoms with Gasteiger partial charge in [0.1, 0.15) is 5.82 Å². The van der Waals surface area contributed by atoms with E-state index in [9.17, 15) is 4.79 Å². The zero-order valence-electron chi connectivity index (χ0n) is 11.1. The summed E-state index contributed by atoms with van der Waals surface area (Å²) in [5, 5.41) is 6.10. The van der Waals surface area contributed by atoms with Crippen LogP contribution in [-0.2, 0) is 4.79 Å². The van der Waals surface area contributed by atoms with Crippen molar-refractivity contribution >= 4 is 17.4 Å². The maximum atomic E-state index is 11.7. The summed E-state index contributed by atoms with van der Waals surface area (Å²) in [7, 11) is 0. The van der Waals surface area contributed by atoms with E-state index < -0.39 is 0 Å². The number of carbonyl (C=O) groups is 1. The monoisotopic (exact) mass is 247 g/mol. The molecule has 0 atom stereocenters. The molecule has 1 aliphatic carbocycles. The number of amides is 1. The highest BCUT2D eigenvalue weighted by Crippen LogP contribution is 2.29. The van der Waals surface area contributed by atoms with Gasteiger partial charge in [-0.05, 0) is 44.7 Å². The van der Waals surface area contributed by atoms with Crippen molar-refractivity contribution in [3.05, 3.63) is 18.3 Å². The van der Waals surface area contributed by atoms with Crippen molar-refractivity contribution in [1.29, 1.82) is 0 Å². The summed E-state index contributed by atoms with van der Waals surface area (Å²) < 4.78 is 0. The Morgan fingerprint density at radius 2 is 2.22 bits per heavy atom. The number of carbonyl (C=O) groups excluding carboxylic acids is 1. The molecule has 1 aromatic heterocycles. The minimum atomic E-state index is 0.103. The molecule has 1 aliphatic rings. The first-order valence-corrected chi connectivity index (χ1v) is 6.66. The molecule has 18 heavy (non-hydrogen) atoms. The van der Waals surface area contributed by atoms with E-state index in [0.717, 1.165) is 11.5 Å². The lowest BCUT2D eigenvalue weighted by atomic mass is 9.83. The second kappa shape index (κ2) is 5.85. The lowest BCUT2D eigenvalue weighted by Gasteiger charge is -2.24. The van der Waals surface area contributed by atoms with Crippen LogP contribution in [0.3, 0.4) is 0 Å². The Balaban J connectivity index is 1.83. The SMILES string of the molecule is CC(C)Nc1ccc(NC(=O)CC2CCC2)cn1. The first-order valence-electron chi connectivity index (χ1n) is 6.66. The predicted octanol–water partition coefficient (Wildman–Crippen LogP) is 3.03. The van der Waals surface area contributed by atoms with Gasteiger partial charge in [-0.15, -0.1) is 0 Å². The minimum Gasteiger partial charge on any atom is -0.368 e. The van der Waals surface area contributed by atoms with Crippen LogP contribution in [0.25, 0.3) is 0 Å². The molecule has 2 rings (SSSR count). The van der Waals surface area contributed by atoms with Crippen molar-refractivity contribution in [3.63, 3.8) is 0 Å². The Labute approximate surface area is 108 Å². The molecule has 0 saturated heterocycles. The maximum absolute atomic E-state index is 11.7. The molecular formula is C14H21N3O. The average molecular weight is 247 g/mol. The Morgan fingerprint density at radius 1 is 1.44 bits per heavy atom. The Bertz CT molecular complexity index is 396. The zero-order chi connectivity index (χ0) is 13.0. The summed E-state index contributed by atoms with van der Waals surface area (Å²) in [5.41, 5.74) is 0.772. The summed E-state index contributed by atoms with van der Waals surface area (Å²) in [5.74, 6) is 1.54. The van der Waals surface area contributed by atoms with Crippen molar-refractivity contribution in [2.45, 2.75) is 45.6 Å². The van der Waals surface area contributed by atoms with E-state index in [-0.39, 0.29) is 5.91 Å². The topological polar surface area (TPSA) is 54.0 Å². The van der Waals surface area contributed by atoms with Crippen LogP contribution in [0.1, 0.15) is 39.5 Å². The molecule has 2 N–H and O–H groups in total. The first kappa shape index (κ1) is 12.9. The fourth-order valence-corrected chi connectivity index (χ4v) is 2.02. The molecule has 1 aromatic rings. The van der Waals surface area contributed by atoms with Gasteiger partial charge < -0.3 is 10.6 Å². The van der Waals surface area contributed by atoms with Gasteiger partial charge in [0.05, 0.1) is 11.9 Å². The molecule has 0 aliphatic heterocycles. The first-order chi connectivity index (χ1) is 8.63. The Hall–Kier alpha value is -1.58. The molecule has 0 aromatic carbocycles. The highest BCUT2D eigenvalue weighted by molar-refractivity contribution is 5.90. The molecule has 1 amide bonds. The number of aromatic nitrogens is 1. The van der Waals surface area contributed by atoms with Gasteiger partial charge in [0.2, 0.25) is 5.91 Å². The second-order valence-corrected chi connectivity index (χ2v) is 5.28.